The van der Waals surface area contributed by atoms with Crippen molar-refractivity contribution in [1.82, 2.24) is 10.7 Å². The minimum Gasteiger partial charge on any atom is -0.504 e. The van der Waals surface area contributed by atoms with Gasteiger partial charge in [0.2, 0.25) is 0 Å². The van der Waals surface area contributed by atoms with Gasteiger partial charge in [-0.1, -0.05) is 17.7 Å². The van der Waals surface area contributed by atoms with Crippen LogP contribution in [0.15, 0.2) is 47.6 Å². The lowest BCUT2D eigenvalue weighted by Crippen LogP contribution is -2.37. The fraction of sp³-hybridized carbons (Fsp3) is 0.118. The Kier molecular flexibility index (Phi) is 6.81. The number of phenolic OH excluding ortho intramolecular Hbond substituents is 1. The van der Waals surface area contributed by atoms with Gasteiger partial charge in [0.25, 0.3) is 5.91 Å². The molecule has 0 saturated heterocycles. The average molecular weight is 377 g/mol. The first kappa shape index (κ1) is 19.1. The van der Waals surface area contributed by atoms with E-state index in [1.165, 1.54) is 19.4 Å². The van der Waals surface area contributed by atoms with Crippen LogP contribution >= 0.6 is 11.6 Å². The molecule has 3 amide bonds. The second-order valence-electron chi connectivity index (χ2n) is 5.04. The summed E-state index contributed by atoms with van der Waals surface area (Å²) in [5.41, 5.74) is 3.33. The van der Waals surface area contributed by atoms with E-state index in [0.29, 0.717) is 22.0 Å². The monoisotopic (exact) mass is 376 g/mol. The lowest BCUT2D eigenvalue weighted by atomic mass is 10.2. The largest absolute Gasteiger partial charge is 0.504 e. The molecule has 2 rings (SSSR count). The van der Waals surface area contributed by atoms with Crippen molar-refractivity contribution in [3.05, 3.63) is 53.1 Å². The lowest BCUT2D eigenvalue weighted by molar-refractivity contribution is -0.120. The van der Waals surface area contributed by atoms with E-state index in [1.807, 2.05) is 0 Å². The van der Waals surface area contributed by atoms with E-state index >= 15 is 0 Å². The van der Waals surface area contributed by atoms with Crippen molar-refractivity contribution < 1.29 is 19.4 Å². The summed E-state index contributed by atoms with van der Waals surface area (Å²) >= 11 is 5.82. The minimum absolute atomic E-state index is 0.0397. The van der Waals surface area contributed by atoms with Crippen molar-refractivity contribution in [3.63, 3.8) is 0 Å². The normalized spacial score (nSPS) is 10.4. The van der Waals surface area contributed by atoms with Gasteiger partial charge in [0, 0.05) is 10.7 Å². The molecule has 8 nitrogen and oxygen atoms in total. The van der Waals surface area contributed by atoms with Gasteiger partial charge >= 0.3 is 6.03 Å². The predicted molar refractivity (Wildman–Crippen MR) is 98.9 cm³/mol. The molecule has 0 aliphatic rings. The van der Waals surface area contributed by atoms with Gasteiger partial charge < -0.3 is 20.5 Å². The van der Waals surface area contributed by atoms with Gasteiger partial charge in [-0.3, -0.25) is 4.79 Å². The van der Waals surface area contributed by atoms with Crippen molar-refractivity contribution in [2.24, 2.45) is 5.10 Å². The number of urea groups is 1. The van der Waals surface area contributed by atoms with Gasteiger partial charge in [0.1, 0.15) is 6.54 Å². The number of nitrogens with one attached hydrogen (secondary N) is 3. The molecule has 0 aliphatic carbocycles. The first-order valence-corrected chi connectivity index (χ1v) is 7.85. The van der Waals surface area contributed by atoms with Crippen LogP contribution in [-0.4, -0.2) is 36.9 Å². The number of hydrogen-bond donors (Lipinski definition) is 4. The predicted octanol–water partition coefficient (Wildman–Crippen LogP) is 2.33. The maximum Gasteiger partial charge on any atom is 0.319 e. The second-order valence-corrected chi connectivity index (χ2v) is 5.48. The van der Waals surface area contributed by atoms with E-state index < -0.39 is 11.9 Å². The highest BCUT2D eigenvalue weighted by atomic mass is 35.5. The third-order valence-corrected chi connectivity index (χ3v) is 3.33. The fourth-order valence-corrected chi connectivity index (χ4v) is 2.10. The maximum atomic E-state index is 11.7. The highest BCUT2D eigenvalue weighted by Gasteiger charge is 2.05. The van der Waals surface area contributed by atoms with Crippen LogP contribution in [0.2, 0.25) is 5.02 Å². The molecule has 2 aromatic rings. The zero-order chi connectivity index (χ0) is 18.9. The molecule has 0 aromatic heterocycles. The van der Waals surface area contributed by atoms with E-state index in [4.69, 9.17) is 16.3 Å². The number of aromatic hydroxyl groups is 1. The van der Waals surface area contributed by atoms with Crippen LogP contribution < -0.4 is 20.8 Å². The number of rotatable bonds is 6. The van der Waals surface area contributed by atoms with Gasteiger partial charge in [0.15, 0.2) is 11.5 Å². The van der Waals surface area contributed by atoms with Crippen LogP contribution in [0.1, 0.15) is 5.56 Å². The molecule has 0 fully saturated rings. The SMILES string of the molecule is COc1ccc(C=NNC(=O)CNC(=O)Nc2cccc(Cl)c2)cc1O. The summed E-state index contributed by atoms with van der Waals surface area (Å²) in [7, 11) is 1.44. The highest BCUT2D eigenvalue weighted by Crippen LogP contribution is 2.25. The van der Waals surface area contributed by atoms with Crippen LogP contribution in [0.4, 0.5) is 10.5 Å². The summed E-state index contributed by atoms with van der Waals surface area (Å²) in [6.07, 6.45) is 1.35. The second kappa shape index (κ2) is 9.28. The summed E-state index contributed by atoms with van der Waals surface area (Å²) in [6.45, 7) is -0.266. The van der Waals surface area contributed by atoms with Gasteiger partial charge in [-0.15, -0.1) is 0 Å². The lowest BCUT2D eigenvalue weighted by Gasteiger charge is -2.07. The summed E-state index contributed by atoms with van der Waals surface area (Å²) in [5, 5.41) is 18.8. The van der Waals surface area contributed by atoms with Gasteiger partial charge in [-0.2, -0.15) is 5.10 Å². The molecule has 9 heteroatoms. The van der Waals surface area contributed by atoms with Crippen LogP contribution in [0.25, 0.3) is 0 Å². The number of phenols is 1. The molecule has 0 aliphatic heterocycles. The zero-order valence-corrected chi connectivity index (χ0v) is 14.6. The molecule has 0 atom stereocenters. The number of anilines is 1. The number of hydrogen-bond acceptors (Lipinski definition) is 5. The molecule has 0 heterocycles. The summed E-state index contributed by atoms with van der Waals surface area (Å²) in [5.74, 6) is -0.219. The Bertz CT molecular complexity index is 826. The van der Waals surface area contributed by atoms with E-state index in [2.05, 4.69) is 21.2 Å². The van der Waals surface area contributed by atoms with Crippen molar-refractivity contribution >= 4 is 35.4 Å². The van der Waals surface area contributed by atoms with E-state index in [1.54, 1.807) is 36.4 Å². The molecule has 2 aromatic carbocycles. The molecule has 136 valence electrons. The number of nitrogens with zero attached hydrogens (tertiary/aromatic N) is 1. The van der Waals surface area contributed by atoms with E-state index in [9.17, 15) is 14.7 Å². The number of carbonyl (C=O) groups is 2. The minimum atomic E-state index is -0.550. The number of benzene rings is 2. The van der Waals surface area contributed by atoms with Crippen LogP contribution in [0.3, 0.4) is 0 Å². The van der Waals surface area contributed by atoms with Crippen LogP contribution in [-0.2, 0) is 4.79 Å². The Labute approximate surface area is 154 Å². The van der Waals surface area contributed by atoms with Gasteiger partial charge in [-0.05, 0) is 42.0 Å². The molecule has 0 spiro atoms. The first-order valence-electron chi connectivity index (χ1n) is 7.47. The molecule has 4 N–H and O–H groups in total. The fourth-order valence-electron chi connectivity index (χ4n) is 1.91. The number of carbonyl (C=O) groups excluding carboxylic acids is 2. The van der Waals surface area contributed by atoms with Crippen molar-refractivity contribution in [2.75, 3.05) is 19.0 Å². The number of methoxy groups -OCH3 is 1. The summed E-state index contributed by atoms with van der Waals surface area (Å²) < 4.78 is 4.93. The average Bonchev–Trinajstić information content (AvgIpc) is 2.60. The van der Waals surface area contributed by atoms with Gasteiger partial charge in [0.05, 0.1) is 13.3 Å². The molecule has 0 bridgehead atoms. The van der Waals surface area contributed by atoms with Crippen molar-refractivity contribution in [3.8, 4) is 11.5 Å². The molecule has 0 radical (unpaired) electrons. The standard InChI is InChI=1S/C17H17ClN4O4/c1-26-15-6-5-11(7-14(15)23)9-20-22-16(24)10-19-17(25)21-13-4-2-3-12(18)8-13/h2-9,23H,10H2,1H3,(H,22,24)(H2,19,21,25). The number of ether oxygens (including phenoxy) is 1. The maximum absolute atomic E-state index is 11.7. The molecular formula is C17H17ClN4O4. The smallest absolute Gasteiger partial charge is 0.319 e. The topological polar surface area (TPSA) is 112 Å². The highest BCUT2D eigenvalue weighted by molar-refractivity contribution is 6.30. The number of hydrazone groups is 1. The van der Waals surface area contributed by atoms with Crippen molar-refractivity contribution in [1.29, 1.82) is 0 Å². The Morgan fingerprint density at radius 1 is 1.27 bits per heavy atom. The zero-order valence-electron chi connectivity index (χ0n) is 13.8. The van der Waals surface area contributed by atoms with E-state index in [0.717, 1.165) is 0 Å². The van der Waals surface area contributed by atoms with E-state index in [-0.39, 0.29) is 12.3 Å². The number of halogens is 1. The quantitative estimate of drug-likeness (QED) is 0.458. The molecule has 0 unspecified atom stereocenters. The molecular weight excluding hydrogens is 360 g/mol. The number of amides is 3. The molecule has 0 saturated carbocycles. The Morgan fingerprint density at radius 2 is 2.08 bits per heavy atom. The third kappa shape index (κ3) is 5.99. The summed E-state index contributed by atoms with van der Waals surface area (Å²) in [4.78, 5) is 23.4. The summed E-state index contributed by atoms with van der Waals surface area (Å²) in [6, 6.07) is 10.7. The Balaban J connectivity index is 1.76. The first-order chi connectivity index (χ1) is 12.5. The van der Waals surface area contributed by atoms with Gasteiger partial charge in [-0.25, -0.2) is 10.2 Å². The Morgan fingerprint density at radius 3 is 2.77 bits per heavy atom. The van der Waals surface area contributed by atoms with Crippen LogP contribution in [0, 0.1) is 0 Å². The van der Waals surface area contributed by atoms with Crippen LogP contribution in [0.5, 0.6) is 11.5 Å². The third-order valence-electron chi connectivity index (χ3n) is 3.10. The van der Waals surface area contributed by atoms with Crippen molar-refractivity contribution in [2.45, 2.75) is 0 Å². The molecule has 26 heavy (non-hydrogen) atoms. The Hall–Kier alpha value is -3.26.